The molecule has 0 amide bonds. The van der Waals surface area contributed by atoms with E-state index in [-0.39, 0.29) is 0 Å². The Morgan fingerprint density at radius 1 is 0.586 bits per heavy atom. The molecular weight excluding hydrogens is 393 g/mol. The summed E-state index contributed by atoms with van der Waals surface area (Å²) in [5, 5.41) is 3.54. The van der Waals surface area contributed by atoms with Crippen molar-refractivity contribution in [2.24, 2.45) is 0 Å². The molecule has 0 N–H and O–H groups in total. The van der Waals surface area contributed by atoms with Crippen LogP contribution < -0.4 is 15.9 Å². The highest BCUT2D eigenvalue weighted by Gasteiger charge is 2.24. The maximum atomic E-state index is 6.39. The van der Waals surface area contributed by atoms with Crippen molar-refractivity contribution in [2.75, 3.05) is 0 Å². The molecule has 2 nitrogen and oxygen atoms in total. The van der Waals surface area contributed by atoms with Gasteiger partial charge in [0.25, 0.3) is 0 Å². The molecule has 5 rings (SSSR count). The van der Waals surface area contributed by atoms with E-state index in [0.29, 0.717) is 5.89 Å². The minimum absolute atomic E-state index is 0.630. The summed E-state index contributed by atoms with van der Waals surface area (Å²) < 4.78 is 5.92. The van der Waals surface area contributed by atoms with Crippen molar-refractivity contribution in [3.05, 3.63) is 109 Å². The predicted molar refractivity (Wildman–Crippen MR) is 126 cm³/mol. The molecule has 140 valence electrons. The number of para-hydroxylation sites is 2. The van der Waals surface area contributed by atoms with E-state index < -0.39 is 6.04 Å². The third kappa shape index (κ3) is 3.23. The lowest BCUT2D eigenvalue weighted by Gasteiger charge is -2.24. The van der Waals surface area contributed by atoms with Crippen molar-refractivity contribution in [1.29, 1.82) is 0 Å². The summed E-state index contributed by atoms with van der Waals surface area (Å²) in [6.07, 6.45) is 0. The fourth-order valence-electron chi connectivity index (χ4n) is 3.53. The van der Waals surface area contributed by atoms with E-state index in [1.807, 2.05) is 36.4 Å². The molecular formula is C25H18NOPS. The molecule has 0 atom stereocenters. The fraction of sp³-hybridized carbons (Fsp3) is 0. The average Bonchev–Trinajstić information content (AvgIpc) is 3.24. The van der Waals surface area contributed by atoms with Crippen LogP contribution in [-0.2, 0) is 11.8 Å². The quantitative estimate of drug-likeness (QED) is 0.378. The number of benzene rings is 4. The molecule has 4 aromatic carbocycles. The summed E-state index contributed by atoms with van der Waals surface area (Å²) in [6, 6.07) is 34.9. The second kappa shape index (κ2) is 7.44. The van der Waals surface area contributed by atoms with Crippen LogP contribution in [0.1, 0.15) is 0 Å². The average molecular weight is 411 g/mol. The number of fused-ring (bicyclic) bond motifs is 1. The Labute approximate surface area is 174 Å². The van der Waals surface area contributed by atoms with Crippen LogP contribution in [0.15, 0.2) is 114 Å². The second-order valence-electron chi connectivity index (χ2n) is 6.81. The zero-order valence-corrected chi connectivity index (χ0v) is 17.3. The van der Waals surface area contributed by atoms with E-state index in [1.54, 1.807) is 0 Å². The number of oxazole rings is 1. The van der Waals surface area contributed by atoms with Crippen LogP contribution in [0.5, 0.6) is 0 Å². The zero-order chi connectivity index (χ0) is 19.7. The molecule has 0 unspecified atom stereocenters. The topological polar surface area (TPSA) is 26.0 Å². The van der Waals surface area contributed by atoms with Gasteiger partial charge in [-0.3, -0.25) is 0 Å². The van der Waals surface area contributed by atoms with Crippen LogP contribution in [0, 0.1) is 0 Å². The fourth-order valence-corrected chi connectivity index (χ4v) is 7.28. The van der Waals surface area contributed by atoms with Gasteiger partial charge in [-0.15, -0.1) is 0 Å². The minimum atomic E-state index is -2.13. The highest BCUT2D eigenvalue weighted by atomic mass is 32.4. The summed E-state index contributed by atoms with van der Waals surface area (Å²) >= 11 is 6.39. The summed E-state index contributed by atoms with van der Waals surface area (Å²) in [5.74, 6) is 0.630. The lowest BCUT2D eigenvalue weighted by Crippen LogP contribution is -2.24. The van der Waals surface area contributed by atoms with Gasteiger partial charge in [-0.05, 0) is 40.2 Å². The number of hydrogen-bond acceptors (Lipinski definition) is 3. The van der Waals surface area contributed by atoms with Crippen molar-refractivity contribution in [3.63, 3.8) is 0 Å². The summed E-state index contributed by atoms with van der Waals surface area (Å²) in [4.78, 5) is 4.61. The zero-order valence-electron chi connectivity index (χ0n) is 15.6. The lowest BCUT2D eigenvalue weighted by atomic mass is 10.2. The van der Waals surface area contributed by atoms with Gasteiger partial charge in [0, 0.05) is 11.6 Å². The number of aromatic nitrogens is 1. The Morgan fingerprint density at radius 2 is 1.10 bits per heavy atom. The van der Waals surface area contributed by atoms with Crippen molar-refractivity contribution < 1.29 is 4.42 Å². The monoisotopic (exact) mass is 411 g/mol. The van der Waals surface area contributed by atoms with Crippen LogP contribution in [0.25, 0.3) is 22.6 Å². The van der Waals surface area contributed by atoms with Crippen LogP contribution in [0.4, 0.5) is 0 Å². The predicted octanol–water partition coefficient (Wildman–Crippen LogP) is 5.25. The van der Waals surface area contributed by atoms with Crippen molar-refractivity contribution in [3.8, 4) is 11.5 Å². The van der Waals surface area contributed by atoms with Gasteiger partial charge in [-0.25, -0.2) is 4.98 Å². The Balaban J connectivity index is 1.61. The molecule has 0 radical (unpaired) electrons. The lowest BCUT2D eigenvalue weighted by molar-refractivity contribution is 0.620. The van der Waals surface area contributed by atoms with E-state index in [2.05, 4.69) is 77.8 Å². The summed E-state index contributed by atoms with van der Waals surface area (Å²) in [5.41, 5.74) is 2.61. The Hall–Kier alpha value is -3.00. The van der Waals surface area contributed by atoms with Crippen molar-refractivity contribution >= 4 is 44.9 Å². The normalized spacial score (nSPS) is 11.6. The highest BCUT2D eigenvalue weighted by molar-refractivity contribution is 8.25. The van der Waals surface area contributed by atoms with Gasteiger partial charge in [0.05, 0.1) is 0 Å². The van der Waals surface area contributed by atoms with Gasteiger partial charge in [0.1, 0.15) is 5.52 Å². The molecule has 4 heteroatoms. The first-order chi connectivity index (χ1) is 14.2. The van der Waals surface area contributed by atoms with Gasteiger partial charge in [0.2, 0.25) is 5.89 Å². The van der Waals surface area contributed by atoms with Gasteiger partial charge < -0.3 is 4.42 Å². The Kier molecular flexibility index (Phi) is 4.63. The first-order valence-corrected chi connectivity index (χ1v) is 12.2. The Bertz CT molecular complexity index is 1240. The van der Waals surface area contributed by atoms with E-state index in [1.165, 1.54) is 10.6 Å². The number of hydrogen-bond donors (Lipinski definition) is 0. The van der Waals surface area contributed by atoms with Gasteiger partial charge in [-0.2, -0.15) is 0 Å². The maximum absolute atomic E-state index is 6.39. The largest absolute Gasteiger partial charge is 0.436 e. The third-order valence-electron chi connectivity index (χ3n) is 5.01. The summed E-state index contributed by atoms with van der Waals surface area (Å²) in [6.45, 7) is 0. The molecule has 0 aliphatic heterocycles. The first-order valence-electron chi connectivity index (χ1n) is 9.43. The maximum Gasteiger partial charge on any atom is 0.227 e. The standard InChI is InChI=1S/C25H18NOPS/c29-28(20-9-3-1-4-10-20,21-11-5-2-6-12-21)22-17-15-19(16-18-22)25-26-23-13-7-8-14-24(23)27-25/h1-18H. The molecule has 0 spiro atoms. The smallest absolute Gasteiger partial charge is 0.227 e. The molecule has 5 aromatic rings. The van der Waals surface area contributed by atoms with Crippen LogP contribution in [-0.4, -0.2) is 4.98 Å². The molecule has 1 heterocycles. The van der Waals surface area contributed by atoms with Crippen LogP contribution in [0.2, 0.25) is 0 Å². The molecule has 0 aliphatic rings. The highest BCUT2D eigenvalue weighted by Crippen LogP contribution is 2.43. The molecule has 0 bridgehead atoms. The minimum Gasteiger partial charge on any atom is -0.436 e. The molecule has 0 saturated heterocycles. The Morgan fingerprint density at radius 3 is 1.69 bits per heavy atom. The van der Waals surface area contributed by atoms with Crippen LogP contribution >= 0.6 is 6.04 Å². The van der Waals surface area contributed by atoms with E-state index in [4.69, 9.17) is 16.2 Å². The number of rotatable bonds is 4. The second-order valence-corrected chi connectivity index (χ2v) is 11.2. The van der Waals surface area contributed by atoms with E-state index >= 15 is 0 Å². The van der Waals surface area contributed by atoms with Gasteiger partial charge in [-0.1, -0.05) is 96.7 Å². The summed E-state index contributed by atoms with van der Waals surface area (Å²) in [7, 11) is 0. The van der Waals surface area contributed by atoms with Crippen molar-refractivity contribution in [2.45, 2.75) is 0 Å². The molecule has 0 aliphatic carbocycles. The van der Waals surface area contributed by atoms with E-state index in [9.17, 15) is 0 Å². The first kappa shape index (κ1) is 18.1. The number of nitrogens with zero attached hydrogens (tertiary/aromatic N) is 1. The molecule has 0 saturated carbocycles. The van der Waals surface area contributed by atoms with Gasteiger partial charge in [0.15, 0.2) is 5.58 Å². The SMILES string of the molecule is S=P(c1ccccc1)(c1ccccc1)c1ccc(-c2nc3ccccc3o2)cc1. The molecule has 0 fully saturated rings. The molecule has 29 heavy (non-hydrogen) atoms. The molecule has 1 aromatic heterocycles. The third-order valence-corrected chi connectivity index (χ3v) is 9.98. The van der Waals surface area contributed by atoms with Gasteiger partial charge >= 0.3 is 0 Å². The van der Waals surface area contributed by atoms with Crippen molar-refractivity contribution in [1.82, 2.24) is 4.98 Å². The van der Waals surface area contributed by atoms with E-state index in [0.717, 1.165) is 22.0 Å². The van der Waals surface area contributed by atoms with Crippen LogP contribution in [0.3, 0.4) is 0 Å².